The summed E-state index contributed by atoms with van der Waals surface area (Å²) in [7, 11) is 0. The van der Waals surface area contributed by atoms with E-state index in [0.29, 0.717) is 0 Å². The van der Waals surface area contributed by atoms with Gasteiger partial charge in [-0.25, -0.2) is 4.79 Å². The van der Waals surface area contributed by atoms with Crippen LogP contribution in [0.25, 0.3) is 0 Å². The Kier molecular flexibility index (Phi) is 4.04. The summed E-state index contributed by atoms with van der Waals surface area (Å²) in [6.45, 7) is 5.72. The van der Waals surface area contributed by atoms with Gasteiger partial charge in [0.05, 0.1) is 0 Å². The lowest BCUT2D eigenvalue weighted by Crippen LogP contribution is -2.47. The first-order valence-corrected chi connectivity index (χ1v) is 6.57. The molecule has 1 unspecified atom stereocenters. The van der Waals surface area contributed by atoms with E-state index in [2.05, 4.69) is 10.6 Å². The van der Waals surface area contributed by atoms with Crippen LogP contribution in [0.15, 0.2) is 0 Å². The van der Waals surface area contributed by atoms with Gasteiger partial charge >= 0.3 is 6.03 Å². The van der Waals surface area contributed by atoms with Crippen molar-refractivity contribution in [3.8, 4) is 0 Å². The van der Waals surface area contributed by atoms with Gasteiger partial charge in [0, 0.05) is 25.7 Å². The second kappa shape index (κ2) is 5.53. The van der Waals surface area contributed by atoms with E-state index in [0.717, 1.165) is 44.4 Å². The fourth-order valence-electron chi connectivity index (χ4n) is 2.88. The molecule has 4 heteroatoms. The Morgan fingerprint density at radius 1 is 1.38 bits per heavy atom. The average Bonchev–Trinajstić information content (AvgIpc) is 2.83. The van der Waals surface area contributed by atoms with E-state index in [4.69, 9.17) is 0 Å². The van der Waals surface area contributed by atoms with Crippen LogP contribution in [0.3, 0.4) is 0 Å². The first-order valence-electron chi connectivity index (χ1n) is 6.57. The van der Waals surface area contributed by atoms with Crippen LogP contribution in [0.5, 0.6) is 0 Å². The van der Waals surface area contributed by atoms with E-state index >= 15 is 0 Å². The van der Waals surface area contributed by atoms with E-state index in [9.17, 15) is 4.79 Å². The summed E-state index contributed by atoms with van der Waals surface area (Å²) in [4.78, 5) is 13.6. The molecule has 2 amide bonds. The van der Waals surface area contributed by atoms with Gasteiger partial charge in [0.15, 0.2) is 0 Å². The third-order valence-corrected chi connectivity index (χ3v) is 3.82. The van der Waals surface area contributed by atoms with Crippen LogP contribution < -0.4 is 10.6 Å². The summed E-state index contributed by atoms with van der Waals surface area (Å²) in [5.41, 5.74) is 0. The van der Waals surface area contributed by atoms with Gasteiger partial charge in [0.2, 0.25) is 0 Å². The zero-order valence-corrected chi connectivity index (χ0v) is 10.2. The smallest absolute Gasteiger partial charge is 0.317 e. The molecule has 2 aliphatic rings. The lowest BCUT2D eigenvalue weighted by atomic mass is 9.89. The Balaban J connectivity index is 1.75. The van der Waals surface area contributed by atoms with E-state index in [-0.39, 0.29) is 6.03 Å². The van der Waals surface area contributed by atoms with Crippen molar-refractivity contribution in [2.75, 3.05) is 26.2 Å². The molecule has 16 heavy (non-hydrogen) atoms. The van der Waals surface area contributed by atoms with Crippen molar-refractivity contribution in [3.05, 3.63) is 0 Å². The van der Waals surface area contributed by atoms with Crippen molar-refractivity contribution in [1.29, 1.82) is 0 Å². The number of hydrogen-bond donors (Lipinski definition) is 2. The highest BCUT2D eigenvalue weighted by atomic mass is 16.2. The van der Waals surface area contributed by atoms with Gasteiger partial charge in [-0.15, -0.1) is 0 Å². The Labute approximate surface area is 97.8 Å². The van der Waals surface area contributed by atoms with Gasteiger partial charge in [-0.05, 0) is 45.1 Å². The van der Waals surface area contributed by atoms with Gasteiger partial charge in [0.1, 0.15) is 0 Å². The molecule has 0 saturated carbocycles. The van der Waals surface area contributed by atoms with Crippen molar-refractivity contribution in [2.45, 2.75) is 38.6 Å². The molecule has 0 radical (unpaired) electrons. The van der Waals surface area contributed by atoms with Crippen LogP contribution in [0.1, 0.15) is 32.6 Å². The summed E-state index contributed by atoms with van der Waals surface area (Å²) < 4.78 is 0. The van der Waals surface area contributed by atoms with E-state index in [1.807, 2.05) is 11.8 Å². The molecule has 0 spiro atoms. The number of nitrogens with one attached hydrogen (secondary N) is 2. The van der Waals surface area contributed by atoms with Crippen LogP contribution in [-0.2, 0) is 0 Å². The second-order valence-corrected chi connectivity index (χ2v) is 4.86. The van der Waals surface area contributed by atoms with Gasteiger partial charge in [-0.3, -0.25) is 0 Å². The highest BCUT2D eigenvalue weighted by molar-refractivity contribution is 5.74. The monoisotopic (exact) mass is 225 g/mol. The molecule has 2 N–H and O–H groups in total. The first-order chi connectivity index (χ1) is 7.81. The summed E-state index contributed by atoms with van der Waals surface area (Å²) in [6.07, 6.45) is 4.97. The number of piperidine rings is 1. The van der Waals surface area contributed by atoms with Crippen LogP contribution in [0.4, 0.5) is 4.79 Å². The van der Waals surface area contributed by atoms with E-state index < -0.39 is 0 Å². The number of rotatable bonds is 2. The lowest BCUT2D eigenvalue weighted by Gasteiger charge is -2.34. The normalized spacial score (nSPS) is 27.1. The average molecular weight is 225 g/mol. The largest absolute Gasteiger partial charge is 0.338 e. The van der Waals surface area contributed by atoms with E-state index in [1.54, 1.807) is 0 Å². The van der Waals surface area contributed by atoms with Crippen LogP contribution >= 0.6 is 0 Å². The van der Waals surface area contributed by atoms with Gasteiger partial charge in [0.25, 0.3) is 0 Å². The van der Waals surface area contributed by atoms with Crippen molar-refractivity contribution < 1.29 is 4.79 Å². The molecule has 2 heterocycles. The molecule has 2 rings (SSSR count). The van der Waals surface area contributed by atoms with Crippen molar-refractivity contribution in [3.63, 3.8) is 0 Å². The molecule has 92 valence electrons. The van der Waals surface area contributed by atoms with Crippen LogP contribution in [0.2, 0.25) is 0 Å². The Morgan fingerprint density at radius 3 is 2.69 bits per heavy atom. The molecule has 0 bridgehead atoms. The third kappa shape index (κ3) is 2.67. The zero-order valence-electron chi connectivity index (χ0n) is 10.2. The van der Waals surface area contributed by atoms with Gasteiger partial charge in [-0.1, -0.05) is 0 Å². The van der Waals surface area contributed by atoms with Gasteiger partial charge in [-0.2, -0.15) is 0 Å². The number of likely N-dealkylation sites (tertiary alicyclic amines) is 1. The van der Waals surface area contributed by atoms with Crippen LogP contribution in [-0.4, -0.2) is 43.2 Å². The number of hydrogen-bond acceptors (Lipinski definition) is 2. The molecule has 0 aromatic heterocycles. The first kappa shape index (κ1) is 11.7. The standard InChI is InChI=1S/C12H23N3O/c1-2-13-12(16)15-8-5-10(6-9-15)11-4-3-7-14-11/h10-11,14H,2-9H2,1H3,(H,13,16). The number of nitrogens with zero attached hydrogens (tertiary/aromatic N) is 1. The summed E-state index contributed by atoms with van der Waals surface area (Å²) in [6, 6.07) is 0.830. The quantitative estimate of drug-likeness (QED) is 0.741. The minimum Gasteiger partial charge on any atom is -0.338 e. The minimum atomic E-state index is 0.111. The van der Waals surface area contributed by atoms with E-state index in [1.165, 1.54) is 19.4 Å². The molecule has 0 aromatic carbocycles. The van der Waals surface area contributed by atoms with Crippen molar-refractivity contribution in [1.82, 2.24) is 15.5 Å². The lowest BCUT2D eigenvalue weighted by molar-refractivity contribution is 0.160. The summed E-state index contributed by atoms with van der Waals surface area (Å²) in [5.74, 6) is 0.785. The number of carbonyl (C=O) groups excluding carboxylic acids is 1. The zero-order chi connectivity index (χ0) is 11.4. The highest BCUT2D eigenvalue weighted by Gasteiger charge is 2.29. The van der Waals surface area contributed by atoms with Gasteiger partial charge < -0.3 is 15.5 Å². The molecule has 1 atom stereocenters. The maximum Gasteiger partial charge on any atom is 0.317 e. The third-order valence-electron chi connectivity index (χ3n) is 3.82. The molecular formula is C12H23N3O. The predicted octanol–water partition coefficient (Wildman–Crippen LogP) is 1.18. The molecule has 0 aliphatic carbocycles. The fourth-order valence-corrected chi connectivity index (χ4v) is 2.88. The second-order valence-electron chi connectivity index (χ2n) is 4.86. The molecule has 0 aromatic rings. The maximum absolute atomic E-state index is 11.6. The molecule has 4 nitrogen and oxygen atoms in total. The Hall–Kier alpha value is -0.770. The summed E-state index contributed by atoms with van der Waals surface area (Å²) >= 11 is 0. The van der Waals surface area contributed by atoms with Crippen molar-refractivity contribution >= 4 is 6.03 Å². The highest BCUT2D eigenvalue weighted by Crippen LogP contribution is 2.25. The predicted molar refractivity (Wildman–Crippen MR) is 64.4 cm³/mol. The Bertz CT molecular complexity index is 230. The minimum absolute atomic E-state index is 0.111. The van der Waals surface area contributed by atoms with Crippen LogP contribution in [0, 0.1) is 5.92 Å². The summed E-state index contributed by atoms with van der Waals surface area (Å²) in [5, 5.41) is 6.45. The number of urea groups is 1. The topological polar surface area (TPSA) is 44.4 Å². The molecular weight excluding hydrogens is 202 g/mol. The Morgan fingerprint density at radius 2 is 2.12 bits per heavy atom. The molecule has 2 saturated heterocycles. The fraction of sp³-hybridized carbons (Fsp3) is 0.917. The van der Waals surface area contributed by atoms with Crippen molar-refractivity contribution in [2.24, 2.45) is 5.92 Å². The SMILES string of the molecule is CCNC(=O)N1CCC(C2CCCN2)CC1. The molecule has 2 aliphatic heterocycles. The number of carbonyl (C=O) groups is 1. The molecule has 2 fully saturated rings. The maximum atomic E-state index is 11.6. The number of amides is 2.